The van der Waals surface area contributed by atoms with Gasteiger partial charge in [0, 0.05) is 18.2 Å². The number of rotatable bonds is 7. The molecule has 2 aromatic rings. The van der Waals surface area contributed by atoms with E-state index in [4.69, 9.17) is 0 Å². The van der Waals surface area contributed by atoms with E-state index in [2.05, 4.69) is 0 Å². The Hall–Kier alpha value is -2.65. The van der Waals surface area contributed by atoms with Crippen LogP contribution in [0.25, 0.3) is 0 Å². The third kappa shape index (κ3) is 5.21. The maximum Gasteiger partial charge on any atom is 0.327 e. The number of hydrogen-bond donors (Lipinski definition) is 1. The first-order valence-corrected chi connectivity index (χ1v) is 11.8. The number of carbonyl (C=O) groups is 4. The van der Waals surface area contributed by atoms with Crippen LogP contribution in [-0.4, -0.2) is 49.8 Å². The number of hydrogen-bond acceptors (Lipinski definition) is 6. The third-order valence-electron chi connectivity index (χ3n) is 5.13. The number of carboxylic acids is 1. The lowest BCUT2D eigenvalue weighted by atomic mass is 9.97. The molecule has 1 amide bonds. The molecule has 1 heterocycles. The van der Waals surface area contributed by atoms with Gasteiger partial charge in [-0.3, -0.25) is 14.4 Å². The Morgan fingerprint density at radius 2 is 1.81 bits per heavy atom. The summed E-state index contributed by atoms with van der Waals surface area (Å²) >= 11 is 1.98. The summed E-state index contributed by atoms with van der Waals surface area (Å²) in [5, 5.41) is 7.64. The van der Waals surface area contributed by atoms with Crippen LogP contribution in [0.2, 0.25) is 0 Å². The summed E-state index contributed by atoms with van der Waals surface area (Å²) in [6.07, 6.45) is 0. The topological polar surface area (TPSA) is 91.8 Å². The fourth-order valence-electron chi connectivity index (χ4n) is 3.58. The highest BCUT2D eigenvalue weighted by Crippen LogP contribution is 2.43. The molecule has 1 saturated heterocycles. The first-order chi connectivity index (χ1) is 15.2. The van der Waals surface area contributed by atoms with Gasteiger partial charge in [0.15, 0.2) is 10.9 Å². The van der Waals surface area contributed by atoms with E-state index in [1.54, 1.807) is 36.4 Å². The molecule has 2 unspecified atom stereocenters. The van der Waals surface area contributed by atoms with Crippen LogP contribution in [-0.2, 0) is 14.4 Å². The van der Waals surface area contributed by atoms with Crippen molar-refractivity contribution in [2.45, 2.75) is 30.5 Å². The van der Waals surface area contributed by atoms with Gasteiger partial charge in [-0.05, 0) is 17.7 Å². The molecule has 9 heteroatoms. The lowest BCUT2D eigenvalue weighted by molar-refractivity contribution is -0.150. The molecule has 1 N–H and O–H groups in total. The monoisotopic (exact) mass is 475 g/mol. The summed E-state index contributed by atoms with van der Waals surface area (Å²) in [6.45, 7) is 2.84. The predicted octanol–water partition coefficient (Wildman–Crippen LogP) is 4.02. The molecule has 168 valence electrons. The van der Waals surface area contributed by atoms with Gasteiger partial charge in [0.1, 0.15) is 17.2 Å². The van der Waals surface area contributed by atoms with Gasteiger partial charge in [-0.25, -0.2) is 9.18 Å². The van der Waals surface area contributed by atoms with Gasteiger partial charge in [0.25, 0.3) is 0 Å². The quantitative estimate of drug-likeness (QED) is 0.605. The van der Waals surface area contributed by atoms with Gasteiger partial charge < -0.3 is 10.0 Å². The summed E-state index contributed by atoms with van der Waals surface area (Å²) in [7, 11) is 0. The average Bonchev–Trinajstić information content (AvgIpc) is 3.22. The molecule has 32 heavy (non-hydrogen) atoms. The second-order valence-electron chi connectivity index (χ2n) is 7.39. The van der Waals surface area contributed by atoms with Gasteiger partial charge in [0.2, 0.25) is 5.91 Å². The van der Waals surface area contributed by atoms with Crippen LogP contribution in [0, 0.1) is 11.7 Å². The highest BCUT2D eigenvalue weighted by Gasteiger charge is 2.46. The lowest BCUT2D eigenvalue weighted by Gasteiger charge is -2.32. The van der Waals surface area contributed by atoms with Crippen LogP contribution < -0.4 is 0 Å². The Bertz CT molecular complexity index is 1030. The summed E-state index contributed by atoms with van der Waals surface area (Å²) in [4.78, 5) is 51.7. The molecule has 0 saturated carbocycles. The number of thioether (sulfide) groups is 2. The van der Waals surface area contributed by atoms with Crippen molar-refractivity contribution in [1.82, 2.24) is 4.90 Å². The molecule has 4 atom stereocenters. The molecule has 2 aromatic carbocycles. The van der Waals surface area contributed by atoms with Crippen molar-refractivity contribution in [3.05, 3.63) is 71.5 Å². The first-order valence-electron chi connectivity index (χ1n) is 9.89. The van der Waals surface area contributed by atoms with Crippen molar-refractivity contribution in [2.75, 3.05) is 5.75 Å². The lowest BCUT2D eigenvalue weighted by Crippen LogP contribution is -2.48. The molecule has 0 radical (unpaired) electrons. The fourth-order valence-corrected chi connectivity index (χ4v) is 5.92. The minimum absolute atomic E-state index is 0.131. The van der Waals surface area contributed by atoms with E-state index in [0.29, 0.717) is 11.1 Å². The van der Waals surface area contributed by atoms with Crippen LogP contribution in [0.4, 0.5) is 4.39 Å². The van der Waals surface area contributed by atoms with E-state index in [-0.39, 0.29) is 16.7 Å². The SMILES string of the molecule is CC(=O)SC(C(=O)c1ccccc1)[C@@H](C)C(=O)N1C(c2cccc(F)c2)SC[C@H]1C(=O)O. The molecule has 1 aliphatic heterocycles. The van der Waals surface area contributed by atoms with Crippen molar-refractivity contribution in [2.24, 2.45) is 5.92 Å². The molecule has 0 spiro atoms. The van der Waals surface area contributed by atoms with E-state index in [1.807, 2.05) is 0 Å². The van der Waals surface area contributed by atoms with Crippen molar-refractivity contribution < 1.29 is 28.7 Å². The van der Waals surface area contributed by atoms with Gasteiger partial charge in [-0.15, -0.1) is 11.8 Å². The Morgan fingerprint density at radius 3 is 2.41 bits per heavy atom. The summed E-state index contributed by atoms with van der Waals surface area (Å²) < 4.78 is 13.8. The molecule has 1 aliphatic rings. The second-order valence-corrected chi connectivity index (χ2v) is 9.82. The van der Waals surface area contributed by atoms with Crippen molar-refractivity contribution in [1.29, 1.82) is 0 Å². The first kappa shape index (κ1) is 24.0. The minimum Gasteiger partial charge on any atom is -0.480 e. The molecule has 1 fully saturated rings. The number of Topliss-reactive ketones (excluding diaryl/α,β-unsaturated/α-hetero) is 1. The van der Waals surface area contributed by atoms with Gasteiger partial charge in [-0.1, -0.05) is 61.2 Å². The van der Waals surface area contributed by atoms with Crippen LogP contribution in [0.1, 0.15) is 35.1 Å². The molecule has 0 bridgehead atoms. The molecule has 6 nitrogen and oxygen atoms in total. The zero-order chi connectivity index (χ0) is 23.4. The Balaban J connectivity index is 1.96. The average molecular weight is 476 g/mol. The van der Waals surface area contributed by atoms with E-state index in [1.165, 1.54) is 48.7 Å². The Kier molecular flexibility index (Phi) is 7.73. The van der Waals surface area contributed by atoms with E-state index < -0.39 is 40.3 Å². The maximum atomic E-state index is 13.8. The summed E-state index contributed by atoms with van der Waals surface area (Å²) in [5.74, 6) is -3.47. The van der Waals surface area contributed by atoms with Crippen molar-refractivity contribution in [3.8, 4) is 0 Å². The standard InChI is InChI=1S/C23H22FNO5S2/c1-13(20(32-14(2)26)19(27)15-7-4-3-5-8-15)21(28)25-18(23(29)30)12-31-22(25)16-9-6-10-17(24)11-16/h3-11,13,18,20,22H,12H2,1-2H3,(H,29,30)/t13-,18+,20?,22?/m1/s1. The molecule has 3 rings (SSSR count). The third-order valence-corrected chi connectivity index (χ3v) is 7.66. The van der Waals surface area contributed by atoms with Gasteiger partial charge >= 0.3 is 5.97 Å². The van der Waals surface area contributed by atoms with Crippen molar-refractivity contribution in [3.63, 3.8) is 0 Å². The van der Waals surface area contributed by atoms with Crippen LogP contribution >= 0.6 is 23.5 Å². The molecule has 0 aromatic heterocycles. The number of carboxylic acid groups (broad SMARTS) is 1. The number of ketones is 1. The normalized spacial score (nSPS) is 19.9. The fraction of sp³-hybridized carbons (Fsp3) is 0.304. The number of halogens is 1. The highest BCUT2D eigenvalue weighted by atomic mass is 32.2. The van der Waals surface area contributed by atoms with Gasteiger partial charge in [0.05, 0.1) is 11.2 Å². The molecular formula is C23H22FNO5S2. The number of benzene rings is 2. The molecular weight excluding hydrogens is 453 g/mol. The Morgan fingerprint density at radius 1 is 1.12 bits per heavy atom. The highest BCUT2D eigenvalue weighted by molar-refractivity contribution is 8.14. The van der Waals surface area contributed by atoms with Gasteiger partial charge in [-0.2, -0.15) is 0 Å². The minimum atomic E-state index is -1.18. The predicted molar refractivity (Wildman–Crippen MR) is 122 cm³/mol. The van der Waals surface area contributed by atoms with Crippen LogP contribution in [0.3, 0.4) is 0 Å². The van der Waals surface area contributed by atoms with Crippen LogP contribution in [0.5, 0.6) is 0 Å². The zero-order valence-corrected chi connectivity index (χ0v) is 19.1. The number of nitrogens with zero attached hydrogens (tertiary/aromatic N) is 1. The second kappa shape index (κ2) is 10.3. The van der Waals surface area contributed by atoms with E-state index in [0.717, 1.165) is 11.8 Å². The number of amides is 1. The van der Waals surface area contributed by atoms with E-state index in [9.17, 15) is 28.7 Å². The zero-order valence-electron chi connectivity index (χ0n) is 17.4. The number of aliphatic carboxylic acids is 1. The maximum absolute atomic E-state index is 13.8. The summed E-state index contributed by atoms with van der Waals surface area (Å²) in [6, 6.07) is 12.9. The largest absolute Gasteiger partial charge is 0.480 e. The smallest absolute Gasteiger partial charge is 0.327 e. The van der Waals surface area contributed by atoms with Crippen LogP contribution in [0.15, 0.2) is 54.6 Å². The van der Waals surface area contributed by atoms with E-state index >= 15 is 0 Å². The Labute approximate surface area is 193 Å². The van der Waals surface area contributed by atoms with Crippen molar-refractivity contribution >= 4 is 46.3 Å². The summed E-state index contributed by atoms with van der Waals surface area (Å²) in [5.41, 5.74) is 0.822. The molecule has 0 aliphatic carbocycles. The number of carbonyl (C=O) groups excluding carboxylic acids is 3.